The zero-order valence-electron chi connectivity index (χ0n) is 10.9. The maximum absolute atomic E-state index is 11.3. The van der Waals surface area contributed by atoms with E-state index in [2.05, 4.69) is 17.1 Å². The second-order valence-corrected chi connectivity index (χ2v) is 4.13. The van der Waals surface area contributed by atoms with Crippen LogP contribution in [0.15, 0.2) is 24.3 Å². The Morgan fingerprint density at radius 3 is 2.76 bits per heavy atom. The SMILES string of the molecule is CCNC(=O)Oc1cccc(C(C)N(C)C)c1. The van der Waals surface area contributed by atoms with E-state index in [1.54, 1.807) is 6.07 Å². The van der Waals surface area contributed by atoms with Crippen LogP contribution in [0.4, 0.5) is 4.79 Å². The largest absolute Gasteiger partial charge is 0.412 e. The van der Waals surface area contributed by atoms with Crippen LogP contribution in [0.5, 0.6) is 5.75 Å². The first-order chi connectivity index (χ1) is 8.04. The van der Waals surface area contributed by atoms with Gasteiger partial charge < -0.3 is 15.0 Å². The summed E-state index contributed by atoms with van der Waals surface area (Å²) in [6.07, 6.45) is -0.415. The Kier molecular flexibility index (Phi) is 4.97. The highest BCUT2D eigenvalue weighted by molar-refractivity contribution is 5.70. The third-order valence-electron chi connectivity index (χ3n) is 2.65. The van der Waals surface area contributed by atoms with Crippen LogP contribution in [0.1, 0.15) is 25.5 Å². The van der Waals surface area contributed by atoms with E-state index in [0.29, 0.717) is 12.3 Å². The van der Waals surface area contributed by atoms with Crippen molar-refractivity contribution >= 4 is 6.09 Å². The van der Waals surface area contributed by atoms with Crippen LogP contribution in [0, 0.1) is 0 Å². The standard InChI is InChI=1S/C13H20N2O2/c1-5-14-13(16)17-12-8-6-7-11(9-12)10(2)15(3)4/h6-10H,5H2,1-4H3,(H,14,16). The Balaban J connectivity index is 2.75. The molecule has 1 N–H and O–H groups in total. The van der Waals surface area contributed by atoms with Crippen LogP contribution in [-0.2, 0) is 0 Å². The van der Waals surface area contributed by atoms with Crippen LogP contribution in [-0.4, -0.2) is 31.6 Å². The Morgan fingerprint density at radius 1 is 1.47 bits per heavy atom. The number of hydrogen-bond acceptors (Lipinski definition) is 3. The molecule has 0 heterocycles. The molecule has 0 spiro atoms. The monoisotopic (exact) mass is 236 g/mol. The first kappa shape index (κ1) is 13.5. The molecule has 0 fully saturated rings. The third kappa shape index (κ3) is 4.07. The Morgan fingerprint density at radius 2 is 2.18 bits per heavy atom. The van der Waals surface area contributed by atoms with Crippen molar-refractivity contribution in [3.05, 3.63) is 29.8 Å². The van der Waals surface area contributed by atoms with Gasteiger partial charge in [-0.05, 0) is 45.6 Å². The summed E-state index contributed by atoms with van der Waals surface area (Å²) in [6, 6.07) is 7.87. The van der Waals surface area contributed by atoms with Crippen molar-refractivity contribution in [2.24, 2.45) is 0 Å². The van der Waals surface area contributed by atoms with Crippen molar-refractivity contribution in [2.45, 2.75) is 19.9 Å². The second-order valence-electron chi connectivity index (χ2n) is 4.13. The average Bonchev–Trinajstić information content (AvgIpc) is 2.28. The number of nitrogens with one attached hydrogen (secondary N) is 1. The van der Waals surface area contributed by atoms with E-state index in [4.69, 9.17) is 4.74 Å². The third-order valence-corrected chi connectivity index (χ3v) is 2.65. The smallest absolute Gasteiger partial charge is 0.410 e. The number of nitrogens with zero attached hydrogens (tertiary/aromatic N) is 1. The van der Waals surface area contributed by atoms with Crippen molar-refractivity contribution in [1.29, 1.82) is 0 Å². The van der Waals surface area contributed by atoms with Gasteiger partial charge in [0.2, 0.25) is 0 Å². The molecule has 0 saturated heterocycles. The number of carbonyl (C=O) groups excluding carboxylic acids is 1. The van der Waals surface area contributed by atoms with Gasteiger partial charge in [-0.2, -0.15) is 0 Å². The predicted octanol–water partition coefficient (Wildman–Crippen LogP) is 2.42. The van der Waals surface area contributed by atoms with Gasteiger partial charge in [0.25, 0.3) is 0 Å². The number of ether oxygens (including phenoxy) is 1. The molecule has 1 rings (SSSR count). The Hall–Kier alpha value is -1.55. The lowest BCUT2D eigenvalue weighted by molar-refractivity contribution is 0.201. The maximum atomic E-state index is 11.3. The fourth-order valence-corrected chi connectivity index (χ4v) is 1.42. The highest BCUT2D eigenvalue weighted by atomic mass is 16.5. The molecule has 4 heteroatoms. The van der Waals surface area contributed by atoms with Crippen LogP contribution >= 0.6 is 0 Å². The van der Waals surface area contributed by atoms with Crippen molar-refractivity contribution in [2.75, 3.05) is 20.6 Å². The maximum Gasteiger partial charge on any atom is 0.412 e. The number of carbonyl (C=O) groups is 1. The number of benzene rings is 1. The minimum absolute atomic E-state index is 0.285. The summed E-state index contributed by atoms with van der Waals surface area (Å²) in [6.45, 7) is 4.52. The Bertz CT molecular complexity index is 377. The molecular weight excluding hydrogens is 216 g/mol. The van der Waals surface area contributed by atoms with E-state index in [-0.39, 0.29) is 6.04 Å². The van der Waals surface area contributed by atoms with Gasteiger partial charge in [-0.3, -0.25) is 0 Å². The van der Waals surface area contributed by atoms with Gasteiger partial charge in [-0.1, -0.05) is 12.1 Å². The Labute approximate surface area is 103 Å². The lowest BCUT2D eigenvalue weighted by Crippen LogP contribution is -2.26. The summed E-state index contributed by atoms with van der Waals surface area (Å²) in [5.41, 5.74) is 1.12. The van der Waals surface area contributed by atoms with Gasteiger partial charge in [-0.15, -0.1) is 0 Å². The summed E-state index contributed by atoms with van der Waals surface area (Å²) < 4.78 is 5.16. The molecule has 0 aliphatic carbocycles. The summed E-state index contributed by atoms with van der Waals surface area (Å²) in [5, 5.41) is 2.59. The molecule has 4 nitrogen and oxygen atoms in total. The summed E-state index contributed by atoms with van der Waals surface area (Å²) in [4.78, 5) is 13.4. The lowest BCUT2D eigenvalue weighted by atomic mass is 10.1. The molecule has 94 valence electrons. The van der Waals surface area contributed by atoms with Crippen LogP contribution in [0.2, 0.25) is 0 Å². The van der Waals surface area contributed by atoms with Gasteiger partial charge in [0.1, 0.15) is 5.75 Å². The summed E-state index contributed by atoms with van der Waals surface area (Å²) in [7, 11) is 4.03. The summed E-state index contributed by atoms with van der Waals surface area (Å²) >= 11 is 0. The molecule has 1 atom stereocenters. The van der Waals surface area contributed by atoms with Gasteiger partial charge in [0.05, 0.1) is 0 Å². The van der Waals surface area contributed by atoms with E-state index in [0.717, 1.165) is 5.56 Å². The highest BCUT2D eigenvalue weighted by Gasteiger charge is 2.09. The molecule has 0 aliphatic rings. The van der Waals surface area contributed by atoms with Crippen molar-refractivity contribution < 1.29 is 9.53 Å². The van der Waals surface area contributed by atoms with Crippen molar-refractivity contribution in [1.82, 2.24) is 10.2 Å². The first-order valence-corrected chi connectivity index (χ1v) is 5.76. The van der Waals surface area contributed by atoms with E-state index in [1.165, 1.54) is 0 Å². The van der Waals surface area contributed by atoms with Gasteiger partial charge in [0.15, 0.2) is 0 Å². The van der Waals surface area contributed by atoms with Gasteiger partial charge in [-0.25, -0.2) is 4.79 Å². The van der Waals surface area contributed by atoms with Crippen LogP contribution < -0.4 is 10.1 Å². The predicted molar refractivity (Wildman–Crippen MR) is 68.2 cm³/mol. The topological polar surface area (TPSA) is 41.6 Å². The fourth-order valence-electron chi connectivity index (χ4n) is 1.42. The van der Waals surface area contributed by atoms with Gasteiger partial charge in [0, 0.05) is 12.6 Å². The molecule has 1 aromatic carbocycles. The molecule has 17 heavy (non-hydrogen) atoms. The normalized spacial score (nSPS) is 12.3. The quantitative estimate of drug-likeness (QED) is 0.873. The van der Waals surface area contributed by atoms with Crippen molar-refractivity contribution in [3.8, 4) is 5.75 Å². The van der Waals surface area contributed by atoms with E-state index < -0.39 is 6.09 Å². The minimum Gasteiger partial charge on any atom is -0.410 e. The molecule has 0 bridgehead atoms. The van der Waals surface area contributed by atoms with Crippen LogP contribution in [0.3, 0.4) is 0 Å². The molecule has 1 unspecified atom stereocenters. The highest BCUT2D eigenvalue weighted by Crippen LogP contribution is 2.21. The molecule has 1 aromatic rings. The lowest BCUT2D eigenvalue weighted by Gasteiger charge is -2.20. The number of rotatable bonds is 4. The minimum atomic E-state index is -0.415. The molecule has 1 amide bonds. The molecule has 0 saturated carbocycles. The first-order valence-electron chi connectivity index (χ1n) is 5.76. The van der Waals surface area contributed by atoms with Crippen LogP contribution in [0.25, 0.3) is 0 Å². The number of amides is 1. The molecular formula is C13H20N2O2. The molecule has 0 aromatic heterocycles. The summed E-state index contributed by atoms with van der Waals surface area (Å²) in [5.74, 6) is 0.571. The number of hydrogen-bond donors (Lipinski definition) is 1. The van der Waals surface area contributed by atoms with Gasteiger partial charge >= 0.3 is 6.09 Å². The van der Waals surface area contributed by atoms with E-state index in [1.807, 2.05) is 39.2 Å². The zero-order chi connectivity index (χ0) is 12.8. The zero-order valence-corrected chi connectivity index (χ0v) is 10.9. The average molecular weight is 236 g/mol. The van der Waals surface area contributed by atoms with E-state index in [9.17, 15) is 4.79 Å². The molecule has 0 aliphatic heterocycles. The second kappa shape index (κ2) is 6.25. The van der Waals surface area contributed by atoms with E-state index >= 15 is 0 Å². The van der Waals surface area contributed by atoms with Crippen molar-refractivity contribution in [3.63, 3.8) is 0 Å². The fraction of sp³-hybridized carbons (Fsp3) is 0.462. The molecule has 0 radical (unpaired) electrons.